The van der Waals surface area contributed by atoms with Gasteiger partial charge in [0.15, 0.2) is 0 Å². The number of hydrogen-bond donors (Lipinski definition) is 2. The first-order valence-electron chi connectivity index (χ1n) is 6.70. The number of hydrogen-bond acceptors (Lipinski definition) is 5. The summed E-state index contributed by atoms with van der Waals surface area (Å²) in [6.07, 6.45) is 4.25. The Bertz CT molecular complexity index is 193. The summed E-state index contributed by atoms with van der Waals surface area (Å²) < 4.78 is 16.5. The lowest BCUT2D eigenvalue weighted by atomic mass is 10.1. The van der Waals surface area contributed by atoms with Crippen LogP contribution in [-0.2, 0) is 13.3 Å². The van der Waals surface area contributed by atoms with Crippen molar-refractivity contribution in [3.05, 3.63) is 0 Å². The summed E-state index contributed by atoms with van der Waals surface area (Å²) in [5.41, 5.74) is 5.87. The fraction of sp³-hybridized carbons (Fsp3) is 1.00. The van der Waals surface area contributed by atoms with Crippen molar-refractivity contribution in [3.8, 4) is 0 Å². The van der Waals surface area contributed by atoms with E-state index >= 15 is 0 Å². The molecule has 2 unspecified atom stereocenters. The molecule has 0 aliphatic rings. The van der Waals surface area contributed by atoms with Gasteiger partial charge in [-0.25, -0.2) is 0 Å². The van der Waals surface area contributed by atoms with Crippen molar-refractivity contribution in [2.75, 3.05) is 27.9 Å². The lowest BCUT2D eigenvalue weighted by molar-refractivity contribution is 0.106. The molecule has 2 atom stereocenters. The van der Waals surface area contributed by atoms with E-state index in [2.05, 4.69) is 12.2 Å². The summed E-state index contributed by atoms with van der Waals surface area (Å²) in [5, 5.41) is 3.48. The minimum atomic E-state index is -2.56. The molecule has 0 aliphatic heterocycles. The van der Waals surface area contributed by atoms with E-state index in [0.29, 0.717) is 0 Å². The molecule has 0 bridgehead atoms. The van der Waals surface area contributed by atoms with Gasteiger partial charge in [0.1, 0.15) is 0 Å². The molecule has 0 fully saturated rings. The molecule has 0 amide bonds. The van der Waals surface area contributed by atoms with Crippen LogP contribution in [0.5, 0.6) is 0 Å². The van der Waals surface area contributed by atoms with Crippen molar-refractivity contribution in [2.24, 2.45) is 5.73 Å². The summed E-state index contributed by atoms with van der Waals surface area (Å²) in [7, 11) is 2.39. The average Bonchev–Trinajstić information content (AvgIpc) is 2.38. The van der Waals surface area contributed by atoms with Gasteiger partial charge in [0.25, 0.3) is 0 Å². The Hall–Kier alpha value is 0.0169. The van der Waals surface area contributed by atoms with Crippen molar-refractivity contribution in [1.29, 1.82) is 0 Å². The van der Waals surface area contributed by atoms with Crippen LogP contribution in [0.15, 0.2) is 0 Å². The van der Waals surface area contributed by atoms with E-state index in [-0.39, 0.29) is 11.7 Å². The summed E-state index contributed by atoms with van der Waals surface area (Å²) in [6, 6.07) is 0.289. The average molecular weight is 278 g/mol. The molecule has 0 aliphatic carbocycles. The van der Waals surface area contributed by atoms with E-state index in [4.69, 9.17) is 19.0 Å². The summed E-state index contributed by atoms with van der Waals surface area (Å²) in [5.74, 6) is 0. The van der Waals surface area contributed by atoms with Crippen LogP contribution in [0.3, 0.4) is 0 Å². The van der Waals surface area contributed by atoms with Gasteiger partial charge in [0.05, 0.1) is 5.67 Å². The Morgan fingerprint density at radius 1 is 1.11 bits per heavy atom. The SMILES string of the molecule is CCC(NCCCCC(C)N)[Si](OC)(OC)OC. The normalized spacial score (nSPS) is 15.7. The van der Waals surface area contributed by atoms with Crippen molar-refractivity contribution >= 4 is 8.80 Å². The second kappa shape index (κ2) is 9.88. The maximum Gasteiger partial charge on any atom is 0.517 e. The molecule has 3 N–H and O–H groups in total. The van der Waals surface area contributed by atoms with Crippen LogP contribution in [0.25, 0.3) is 0 Å². The van der Waals surface area contributed by atoms with Gasteiger partial charge < -0.3 is 24.3 Å². The monoisotopic (exact) mass is 278 g/mol. The largest absolute Gasteiger partial charge is 0.517 e. The number of unbranched alkanes of at least 4 members (excludes halogenated alkanes) is 1. The number of nitrogens with two attached hydrogens (primary N) is 1. The van der Waals surface area contributed by atoms with E-state index in [1.807, 2.05) is 6.92 Å². The van der Waals surface area contributed by atoms with Crippen LogP contribution in [0, 0.1) is 0 Å². The summed E-state index contributed by atoms with van der Waals surface area (Å²) >= 11 is 0. The maximum absolute atomic E-state index is 5.72. The molecular weight excluding hydrogens is 248 g/mol. The zero-order valence-corrected chi connectivity index (χ0v) is 13.5. The van der Waals surface area contributed by atoms with Crippen LogP contribution in [-0.4, -0.2) is 48.4 Å². The van der Waals surface area contributed by atoms with Gasteiger partial charge in [-0.05, 0) is 32.7 Å². The predicted molar refractivity (Wildman–Crippen MR) is 76.4 cm³/mol. The zero-order valence-electron chi connectivity index (χ0n) is 12.5. The Labute approximate surface area is 113 Å². The fourth-order valence-electron chi connectivity index (χ4n) is 2.06. The van der Waals surface area contributed by atoms with Crippen LogP contribution in [0.4, 0.5) is 0 Å². The van der Waals surface area contributed by atoms with E-state index in [1.54, 1.807) is 21.3 Å². The van der Waals surface area contributed by atoms with Crippen LogP contribution < -0.4 is 11.1 Å². The summed E-state index contributed by atoms with van der Waals surface area (Å²) in [4.78, 5) is 0. The van der Waals surface area contributed by atoms with Gasteiger partial charge in [-0.3, -0.25) is 0 Å². The van der Waals surface area contributed by atoms with Crippen LogP contribution in [0.1, 0.15) is 39.5 Å². The van der Waals surface area contributed by atoms with Gasteiger partial charge in [-0.2, -0.15) is 0 Å². The predicted octanol–water partition coefficient (Wildman–Crippen LogP) is 1.29. The van der Waals surface area contributed by atoms with Gasteiger partial charge in [0, 0.05) is 27.4 Å². The first kappa shape index (κ1) is 18.0. The molecule has 18 heavy (non-hydrogen) atoms. The zero-order chi connectivity index (χ0) is 14.0. The Kier molecular flexibility index (Phi) is 9.89. The molecule has 0 aromatic heterocycles. The third-order valence-electron chi connectivity index (χ3n) is 3.17. The first-order valence-corrected chi connectivity index (χ1v) is 8.50. The quantitative estimate of drug-likeness (QED) is 0.440. The fourth-order valence-corrected chi connectivity index (χ4v) is 4.31. The van der Waals surface area contributed by atoms with Gasteiger partial charge >= 0.3 is 8.80 Å². The smallest absolute Gasteiger partial charge is 0.376 e. The molecular formula is C12H30N2O3Si. The Morgan fingerprint density at radius 3 is 2.06 bits per heavy atom. The maximum atomic E-state index is 5.72. The van der Waals surface area contributed by atoms with Gasteiger partial charge in [0.2, 0.25) is 0 Å². The first-order chi connectivity index (χ1) is 8.56. The highest BCUT2D eigenvalue weighted by atomic mass is 28.4. The van der Waals surface area contributed by atoms with Crippen LogP contribution >= 0.6 is 0 Å². The Morgan fingerprint density at radius 2 is 1.67 bits per heavy atom. The highest BCUT2D eigenvalue weighted by molar-refractivity contribution is 6.62. The molecule has 0 radical (unpaired) electrons. The molecule has 0 saturated carbocycles. The molecule has 0 rings (SSSR count). The lowest BCUT2D eigenvalue weighted by Gasteiger charge is -2.32. The molecule has 6 heteroatoms. The molecule has 0 aromatic carbocycles. The minimum Gasteiger partial charge on any atom is -0.376 e. The van der Waals surface area contributed by atoms with E-state index in [9.17, 15) is 0 Å². The van der Waals surface area contributed by atoms with Crippen molar-refractivity contribution in [1.82, 2.24) is 5.32 Å². The molecule has 0 saturated heterocycles. The third-order valence-corrected chi connectivity index (χ3v) is 6.34. The summed E-state index contributed by atoms with van der Waals surface area (Å²) in [6.45, 7) is 5.09. The minimum absolute atomic E-state index is 0.146. The lowest BCUT2D eigenvalue weighted by Crippen LogP contribution is -2.60. The topological polar surface area (TPSA) is 65.7 Å². The van der Waals surface area contributed by atoms with E-state index < -0.39 is 8.80 Å². The second-order valence-electron chi connectivity index (χ2n) is 4.60. The van der Waals surface area contributed by atoms with Crippen molar-refractivity contribution in [3.63, 3.8) is 0 Å². The molecule has 0 heterocycles. The van der Waals surface area contributed by atoms with Crippen LogP contribution in [0.2, 0.25) is 0 Å². The third kappa shape index (κ3) is 5.77. The van der Waals surface area contributed by atoms with Crippen molar-refractivity contribution in [2.45, 2.75) is 51.2 Å². The second-order valence-corrected chi connectivity index (χ2v) is 7.73. The van der Waals surface area contributed by atoms with Gasteiger partial charge in [-0.15, -0.1) is 0 Å². The Balaban J connectivity index is 4.09. The molecule has 0 spiro atoms. The number of nitrogens with one attached hydrogen (secondary N) is 1. The van der Waals surface area contributed by atoms with E-state index in [1.165, 1.54) is 0 Å². The number of rotatable bonds is 11. The molecule has 0 aromatic rings. The molecule has 110 valence electrons. The van der Waals surface area contributed by atoms with Crippen molar-refractivity contribution < 1.29 is 13.3 Å². The van der Waals surface area contributed by atoms with Gasteiger partial charge in [-0.1, -0.05) is 13.3 Å². The highest BCUT2D eigenvalue weighted by Crippen LogP contribution is 2.14. The standard InChI is InChI=1S/C12H30N2O3Si/c1-6-12(18(15-3,16-4)17-5)14-10-8-7-9-11(2)13/h11-12,14H,6-10,13H2,1-5H3. The van der Waals surface area contributed by atoms with E-state index in [0.717, 1.165) is 32.2 Å². The highest BCUT2D eigenvalue weighted by Gasteiger charge is 2.46. The molecule has 5 nitrogen and oxygen atoms in total.